The van der Waals surface area contributed by atoms with E-state index in [1.807, 2.05) is 19.9 Å². The van der Waals surface area contributed by atoms with Crippen LogP contribution in [0.4, 0.5) is 0 Å². The largest absolute Gasteiger partial charge is 0.475 e. The van der Waals surface area contributed by atoms with E-state index in [1.165, 1.54) is 18.6 Å². The van der Waals surface area contributed by atoms with E-state index in [2.05, 4.69) is 20.6 Å². The van der Waals surface area contributed by atoms with E-state index in [0.29, 0.717) is 0 Å². The lowest BCUT2D eigenvalue weighted by Gasteiger charge is -2.24. The van der Waals surface area contributed by atoms with Crippen molar-refractivity contribution < 1.29 is 29.2 Å². The normalized spacial score (nSPS) is 13.5. The van der Waals surface area contributed by atoms with Gasteiger partial charge in [-0.3, -0.25) is 19.4 Å². The second kappa shape index (κ2) is 12.6. The molecule has 33 heavy (non-hydrogen) atoms. The first-order chi connectivity index (χ1) is 15.7. The molecule has 11 nitrogen and oxygen atoms in total. The Kier molecular flexibility index (Phi) is 9.92. The van der Waals surface area contributed by atoms with Gasteiger partial charge in [0.05, 0.1) is 12.1 Å². The molecular weight excluding hydrogens is 429 g/mol. The van der Waals surface area contributed by atoms with Crippen LogP contribution in [-0.2, 0) is 20.7 Å². The highest BCUT2D eigenvalue weighted by atomic mass is 16.6. The molecule has 0 radical (unpaired) electrons. The van der Waals surface area contributed by atoms with Crippen LogP contribution in [0, 0.1) is 5.92 Å². The van der Waals surface area contributed by atoms with Gasteiger partial charge in [0.25, 0.3) is 18.0 Å². The van der Waals surface area contributed by atoms with Crippen LogP contribution in [0.5, 0.6) is 0 Å². The number of aromatic nitrogens is 2. The third kappa shape index (κ3) is 8.60. The Morgan fingerprint density at radius 3 is 2.39 bits per heavy atom. The van der Waals surface area contributed by atoms with Gasteiger partial charge in [-0.2, -0.15) is 0 Å². The number of esters is 1. The SMILES string of the molecule is CC(C)CC(NC(=O)C(NC(=O)c1cnccn1)OC(=O)[C@@H](N)Cc1ccccc1)B(O)O. The summed E-state index contributed by atoms with van der Waals surface area (Å²) < 4.78 is 5.20. The maximum Gasteiger partial charge on any atom is 0.475 e. The van der Waals surface area contributed by atoms with Crippen molar-refractivity contribution in [3.8, 4) is 0 Å². The van der Waals surface area contributed by atoms with Crippen LogP contribution in [0.1, 0.15) is 36.3 Å². The molecule has 0 aliphatic carbocycles. The lowest BCUT2D eigenvalue weighted by Crippen LogP contribution is -2.56. The molecule has 2 unspecified atom stereocenters. The van der Waals surface area contributed by atoms with Gasteiger partial charge in [-0.25, -0.2) is 4.98 Å². The minimum Gasteiger partial charge on any atom is -0.431 e. The number of carbonyl (C=O) groups is 3. The van der Waals surface area contributed by atoms with Crippen LogP contribution in [0.3, 0.4) is 0 Å². The lowest BCUT2D eigenvalue weighted by molar-refractivity contribution is -0.158. The molecule has 6 N–H and O–H groups in total. The van der Waals surface area contributed by atoms with E-state index >= 15 is 0 Å². The number of ether oxygens (including phenoxy) is 1. The topological polar surface area (TPSA) is 177 Å². The van der Waals surface area contributed by atoms with Crippen LogP contribution in [-0.4, -0.2) is 63.1 Å². The smallest absolute Gasteiger partial charge is 0.431 e. The summed E-state index contributed by atoms with van der Waals surface area (Å²) in [4.78, 5) is 45.5. The zero-order valence-electron chi connectivity index (χ0n) is 18.4. The van der Waals surface area contributed by atoms with Crippen LogP contribution in [0.2, 0.25) is 0 Å². The average molecular weight is 457 g/mol. The lowest BCUT2D eigenvalue weighted by atomic mass is 9.75. The summed E-state index contributed by atoms with van der Waals surface area (Å²) in [6.45, 7) is 3.66. The third-order valence-corrected chi connectivity index (χ3v) is 4.54. The van der Waals surface area contributed by atoms with Crippen molar-refractivity contribution in [1.82, 2.24) is 20.6 Å². The fourth-order valence-corrected chi connectivity index (χ4v) is 2.93. The molecular formula is C21H28BN5O6. The number of hydrogen-bond donors (Lipinski definition) is 5. The van der Waals surface area contributed by atoms with Gasteiger partial charge in [-0.15, -0.1) is 0 Å². The van der Waals surface area contributed by atoms with E-state index < -0.39 is 43.1 Å². The van der Waals surface area contributed by atoms with Crippen LogP contribution >= 0.6 is 0 Å². The Bertz CT molecular complexity index is 916. The monoisotopic (exact) mass is 457 g/mol. The number of amides is 2. The summed E-state index contributed by atoms with van der Waals surface area (Å²) in [6, 6.07) is 7.86. The van der Waals surface area contributed by atoms with Crippen molar-refractivity contribution >= 4 is 24.9 Å². The molecule has 3 atom stereocenters. The van der Waals surface area contributed by atoms with Crippen molar-refractivity contribution in [2.45, 2.75) is 44.9 Å². The Morgan fingerprint density at radius 1 is 1.12 bits per heavy atom. The minimum atomic E-state index is -1.86. The van der Waals surface area contributed by atoms with Gasteiger partial charge in [-0.05, 0) is 24.3 Å². The summed E-state index contributed by atoms with van der Waals surface area (Å²) >= 11 is 0. The quantitative estimate of drug-likeness (QED) is 0.164. The highest BCUT2D eigenvalue weighted by Gasteiger charge is 2.33. The number of nitrogens with zero attached hydrogens (tertiary/aromatic N) is 2. The molecule has 0 fully saturated rings. The average Bonchev–Trinajstić information content (AvgIpc) is 2.78. The third-order valence-electron chi connectivity index (χ3n) is 4.54. The number of carbonyl (C=O) groups excluding carboxylic acids is 3. The Hall–Kier alpha value is -3.35. The molecule has 0 saturated heterocycles. The second-order valence-electron chi connectivity index (χ2n) is 7.84. The van der Waals surface area contributed by atoms with Crippen molar-refractivity contribution in [2.75, 3.05) is 0 Å². The zero-order valence-corrected chi connectivity index (χ0v) is 18.4. The standard InChI is InChI=1S/C21H28BN5O6/c1-13(2)10-17(22(31)32)26-19(29)20(27-18(28)16-12-24-8-9-25-16)33-21(30)15(23)11-14-6-4-3-5-7-14/h3-9,12-13,15,17,20,31-32H,10-11,23H2,1-2H3,(H,26,29)(H,27,28)/t15-,17?,20?/m0/s1. The van der Waals surface area contributed by atoms with Gasteiger partial charge >= 0.3 is 13.1 Å². The molecule has 0 bridgehead atoms. The molecule has 0 spiro atoms. The molecule has 0 aliphatic heterocycles. The van der Waals surface area contributed by atoms with E-state index in [-0.39, 0.29) is 24.5 Å². The van der Waals surface area contributed by atoms with Crippen molar-refractivity contribution in [3.05, 3.63) is 60.2 Å². The van der Waals surface area contributed by atoms with Gasteiger partial charge < -0.3 is 31.2 Å². The van der Waals surface area contributed by atoms with Crippen molar-refractivity contribution in [3.63, 3.8) is 0 Å². The molecule has 0 aliphatic rings. The van der Waals surface area contributed by atoms with Crippen LogP contribution in [0.15, 0.2) is 48.9 Å². The van der Waals surface area contributed by atoms with Gasteiger partial charge in [0.15, 0.2) is 0 Å². The molecule has 1 heterocycles. The van der Waals surface area contributed by atoms with Gasteiger partial charge in [0.1, 0.15) is 11.7 Å². The molecule has 1 aromatic heterocycles. The highest BCUT2D eigenvalue weighted by Crippen LogP contribution is 2.08. The summed E-state index contributed by atoms with van der Waals surface area (Å²) in [6.07, 6.45) is 2.41. The summed E-state index contributed by atoms with van der Waals surface area (Å²) in [5.74, 6) is -3.73. The Balaban J connectivity index is 2.15. The summed E-state index contributed by atoms with van der Waals surface area (Å²) in [7, 11) is -1.86. The van der Waals surface area contributed by atoms with Crippen LogP contribution in [0.25, 0.3) is 0 Å². The number of hydrogen-bond acceptors (Lipinski definition) is 9. The number of benzene rings is 1. The first-order valence-corrected chi connectivity index (χ1v) is 10.4. The van der Waals surface area contributed by atoms with Crippen LogP contribution < -0.4 is 16.4 Å². The highest BCUT2D eigenvalue weighted by molar-refractivity contribution is 6.43. The minimum absolute atomic E-state index is 0.0200. The molecule has 2 rings (SSSR count). The fourth-order valence-electron chi connectivity index (χ4n) is 2.93. The predicted molar refractivity (Wildman–Crippen MR) is 119 cm³/mol. The summed E-state index contributed by atoms with van der Waals surface area (Å²) in [5, 5.41) is 23.8. The van der Waals surface area contributed by atoms with E-state index in [0.717, 1.165) is 5.56 Å². The first kappa shape index (κ1) is 25.9. The van der Waals surface area contributed by atoms with E-state index in [4.69, 9.17) is 10.5 Å². The molecule has 12 heteroatoms. The first-order valence-electron chi connectivity index (χ1n) is 10.4. The number of nitrogens with two attached hydrogens (primary N) is 1. The van der Waals surface area contributed by atoms with Gasteiger partial charge in [0, 0.05) is 12.4 Å². The molecule has 176 valence electrons. The molecule has 2 aromatic rings. The van der Waals surface area contributed by atoms with E-state index in [9.17, 15) is 24.4 Å². The molecule has 2 amide bonds. The molecule has 0 saturated carbocycles. The van der Waals surface area contributed by atoms with E-state index in [1.54, 1.807) is 24.3 Å². The number of rotatable bonds is 11. The fraction of sp³-hybridized carbons (Fsp3) is 0.381. The second-order valence-corrected chi connectivity index (χ2v) is 7.84. The maximum atomic E-state index is 12.8. The van der Waals surface area contributed by atoms with Gasteiger partial charge in [0.2, 0.25) is 0 Å². The van der Waals surface area contributed by atoms with Gasteiger partial charge in [-0.1, -0.05) is 44.2 Å². The Labute approximate surface area is 191 Å². The number of nitrogens with one attached hydrogen (secondary N) is 2. The van der Waals surface area contributed by atoms with Crippen molar-refractivity contribution in [1.29, 1.82) is 0 Å². The maximum absolute atomic E-state index is 12.8. The summed E-state index contributed by atoms with van der Waals surface area (Å²) in [5.41, 5.74) is 6.61. The Morgan fingerprint density at radius 2 is 1.82 bits per heavy atom. The predicted octanol–water partition coefficient (Wildman–Crippen LogP) is -0.811. The van der Waals surface area contributed by atoms with Crippen molar-refractivity contribution in [2.24, 2.45) is 11.7 Å². The molecule has 1 aromatic carbocycles. The zero-order chi connectivity index (χ0) is 24.4.